The molecule has 6 heteroatoms. The Labute approximate surface area is 130 Å². The first-order chi connectivity index (χ1) is 10.6. The van der Waals surface area contributed by atoms with Crippen molar-refractivity contribution in [2.24, 2.45) is 5.92 Å². The van der Waals surface area contributed by atoms with Crippen LogP contribution in [-0.2, 0) is 4.74 Å². The van der Waals surface area contributed by atoms with E-state index in [1.807, 2.05) is 12.1 Å². The molecule has 0 aliphatic carbocycles. The summed E-state index contributed by atoms with van der Waals surface area (Å²) in [7, 11) is 0. The third kappa shape index (κ3) is 3.16. The zero-order valence-electron chi connectivity index (χ0n) is 13.0. The largest absolute Gasteiger partial charge is 0.378 e. The minimum Gasteiger partial charge on any atom is -0.378 e. The summed E-state index contributed by atoms with van der Waals surface area (Å²) < 4.78 is 5.38. The molecule has 2 aliphatic heterocycles. The molecule has 0 N–H and O–H groups in total. The van der Waals surface area contributed by atoms with Gasteiger partial charge in [-0.1, -0.05) is 6.92 Å². The van der Waals surface area contributed by atoms with Crippen LogP contribution in [0.15, 0.2) is 18.2 Å². The van der Waals surface area contributed by atoms with Crippen LogP contribution in [0, 0.1) is 16.0 Å². The van der Waals surface area contributed by atoms with E-state index in [4.69, 9.17) is 4.74 Å². The molecule has 1 aromatic carbocycles. The molecule has 6 nitrogen and oxygen atoms in total. The van der Waals surface area contributed by atoms with Gasteiger partial charge in [-0.3, -0.25) is 10.1 Å². The average molecular weight is 305 g/mol. The maximum absolute atomic E-state index is 11.4. The van der Waals surface area contributed by atoms with Gasteiger partial charge in [-0.2, -0.15) is 0 Å². The Bertz CT molecular complexity index is 535. The van der Waals surface area contributed by atoms with E-state index in [1.165, 1.54) is 0 Å². The second-order valence-electron chi connectivity index (χ2n) is 6.20. The predicted molar refractivity (Wildman–Crippen MR) is 86.7 cm³/mol. The van der Waals surface area contributed by atoms with Crippen LogP contribution in [0.25, 0.3) is 0 Å². The van der Waals surface area contributed by atoms with Crippen molar-refractivity contribution in [1.29, 1.82) is 0 Å². The van der Waals surface area contributed by atoms with Crippen LogP contribution in [0.1, 0.15) is 19.8 Å². The van der Waals surface area contributed by atoms with Gasteiger partial charge in [0.05, 0.1) is 18.1 Å². The summed E-state index contributed by atoms with van der Waals surface area (Å²) in [4.78, 5) is 15.5. The summed E-state index contributed by atoms with van der Waals surface area (Å²) in [6.07, 6.45) is 2.19. The number of hydrogen-bond donors (Lipinski definition) is 0. The van der Waals surface area contributed by atoms with E-state index in [-0.39, 0.29) is 10.6 Å². The van der Waals surface area contributed by atoms with Crippen LogP contribution in [0.3, 0.4) is 0 Å². The minimum atomic E-state index is -0.267. The molecule has 2 fully saturated rings. The van der Waals surface area contributed by atoms with Crippen LogP contribution in [0.4, 0.5) is 17.1 Å². The van der Waals surface area contributed by atoms with Crippen LogP contribution >= 0.6 is 0 Å². The Morgan fingerprint density at radius 1 is 1.14 bits per heavy atom. The molecule has 0 saturated carbocycles. The van der Waals surface area contributed by atoms with Crippen LogP contribution in [0.2, 0.25) is 0 Å². The van der Waals surface area contributed by atoms with E-state index < -0.39 is 0 Å². The van der Waals surface area contributed by atoms with Crippen molar-refractivity contribution < 1.29 is 9.66 Å². The molecule has 0 radical (unpaired) electrons. The van der Waals surface area contributed by atoms with Crippen molar-refractivity contribution in [1.82, 2.24) is 0 Å². The molecule has 2 heterocycles. The Balaban J connectivity index is 1.88. The van der Waals surface area contributed by atoms with Gasteiger partial charge < -0.3 is 14.5 Å². The number of ether oxygens (including phenoxy) is 1. The van der Waals surface area contributed by atoms with Gasteiger partial charge in [-0.15, -0.1) is 0 Å². The van der Waals surface area contributed by atoms with E-state index in [9.17, 15) is 10.1 Å². The minimum absolute atomic E-state index is 0.214. The Morgan fingerprint density at radius 3 is 2.45 bits per heavy atom. The number of rotatable bonds is 3. The zero-order valence-corrected chi connectivity index (χ0v) is 13.0. The number of nitrogens with zero attached hydrogens (tertiary/aromatic N) is 3. The average Bonchev–Trinajstić information content (AvgIpc) is 2.56. The third-order valence-electron chi connectivity index (χ3n) is 4.66. The summed E-state index contributed by atoms with van der Waals surface area (Å²) in [5, 5.41) is 11.4. The Hall–Kier alpha value is -1.82. The molecule has 2 aliphatic rings. The molecule has 1 aromatic rings. The first-order valence-electron chi connectivity index (χ1n) is 8.01. The number of piperidine rings is 1. The highest BCUT2D eigenvalue weighted by Crippen LogP contribution is 2.35. The number of nitro benzene ring substituents is 1. The maximum atomic E-state index is 11.4. The van der Waals surface area contributed by atoms with Gasteiger partial charge in [0.1, 0.15) is 5.69 Å². The molecule has 0 bridgehead atoms. The molecule has 0 amide bonds. The van der Waals surface area contributed by atoms with E-state index >= 15 is 0 Å². The molecular formula is C16H23N3O3. The summed E-state index contributed by atoms with van der Waals surface area (Å²) >= 11 is 0. The standard InChI is InChI=1S/C16H23N3O3/c1-13-4-6-18(7-5-13)16-12-14(2-3-15(16)19(20)21)17-8-10-22-11-9-17/h2-3,12-13H,4-11H2,1H3. The molecule has 120 valence electrons. The van der Waals surface area contributed by atoms with Gasteiger partial charge in [0.2, 0.25) is 0 Å². The van der Waals surface area contributed by atoms with Crippen molar-refractivity contribution >= 4 is 17.1 Å². The molecule has 0 atom stereocenters. The highest BCUT2D eigenvalue weighted by Gasteiger charge is 2.24. The van der Waals surface area contributed by atoms with Crippen molar-refractivity contribution in [2.75, 3.05) is 49.2 Å². The number of benzene rings is 1. The van der Waals surface area contributed by atoms with E-state index in [0.717, 1.165) is 50.4 Å². The summed E-state index contributed by atoms with van der Waals surface area (Å²) in [6, 6.07) is 5.50. The summed E-state index contributed by atoms with van der Waals surface area (Å²) in [6.45, 7) is 7.16. The SMILES string of the molecule is CC1CCN(c2cc(N3CCOCC3)ccc2[N+](=O)[O-])CC1. The van der Waals surface area contributed by atoms with Gasteiger partial charge in [-0.05, 0) is 30.9 Å². The van der Waals surface area contributed by atoms with Gasteiger partial charge in [0.15, 0.2) is 0 Å². The molecule has 0 aromatic heterocycles. The smallest absolute Gasteiger partial charge is 0.292 e. The fourth-order valence-corrected chi connectivity index (χ4v) is 3.19. The Morgan fingerprint density at radius 2 is 1.82 bits per heavy atom. The quantitative estimate of drug-likeness (QED) is 0.635. The topological polar surface area (TPSA) is 58.8 Å². The van der Waals surface area contributed by atoms with Gasteiger partial charge in [0, 0.05) is 37.9 Å². The zero-order chi connectivity index (χ0) is 15.5. The van der Waals surface area contributed by atoms with Crippen molar-refractivity contribution in [3.05, 3.63) is 28.3 Å². The predicted octanol–water partition coefficient (Wildman–Crippen LogP) is 2.67. The van der Waals surface area contributed by atoms with Gasteiger partial charge >= 0.3 is 0 Å². The molecule has 22 heavy (non-hydrogen) atoms. The second-order valence-corrected chi connectivity index (χ2v) is 6.20. The highest BCUT2D eigenvalue weighted by atomic mass is 16.6. The van der Waals surface area contributed by atoms with E-state index in [1.54, 1.807) is 6.07 Å². The van der Waals surface area contributed by atoms with Gasteiger partial charge in [0.25, 0.3) is 5.69 Å². The number of nitro groups is 1. The number of morpholine rings is 1. The molecule has 2 saturated heterocycles. The van der Waals surface area contributed by atoms with Crippen molar-refractivity contribution in [2.45, 2.75) is 19.8 Å². The Kier molecular flexibility index (Phi) is 4.47. The number of anilines is 2. The fraction of sp³-hybridized carbons (Fsp3) is 0.625. The lowest BCUT2D eigenvalue weighted by Crippen LogP contribution is -2.37. The first-order valence-corrected chi connectivity index (χ1v) is 8.01. The lowest BCUT2D eigenvalue weighted by molar-refractivity contribution is -0.384. The lowest BCUT2D eigenvalue weighted by Gasteiger charge is -2.33. The van der Waals surface area contributed by atoms with Crippen LogP contribution in [0.5, 0.6) is 0 Å². The highest BCUT2D eigenvalue weighted by molar-refractivity contribution is 5.70. The second kappa shape index (κ2) is 6.52. The summed E-state index contributed by atoms with van der Waals surface area (Å²) in [5.74, 6) is 0.706. The first kappa shape index (κ1) is 15.1. The monoisotopic (exact) mass is 305 g/mol. The lowest BCUT2D eigenvalue weighted by atomic mass is 9.98. The van der Waals surface area contributed by atoms with Gasteiger partial charge in [-0.25, -0.2) is 0 Å². The molecule has 3 rings (SSSR count). The van der Waals surface area contributed by atoms with E-state index in [0.29, 0.717) is 19.1 Å². The molecule has 0 spiro atoms. The normalized spacial score (nSPS) is 20.2. The third-order valence-corrected chi connectivity index (χ3v) is 4.66. The summed E-state index contributed by atoms with van der Waals surface area (Å²) in [5.41, 5.74) is 2.04. The molecule has 0 unspecified atom stereocenters. The van der Waals surface area contributed by atoms with Crippen LogP contribution in [-0.4, -0.2) is 44.3 Å². The number of hydrogen-bond acceptors (Lipinski definition) is 5. The molecular weight excluding hydrogens is 282 g/mol. The maximum Gasteiger partial charge on any atom is 0.292 e. The van der Waals surface area contributed by atoms with Crippen molar-refractivity contribution in [3.63, 3.8) is 0 Å². The van der Waals surface area contributed by atoms with Crippen LogP contribution < -0.4 is 9.80 Å². The fourth-order valence-electron chi connectivity index (χ4n) is 3.19. The van der Waals surface area contributed by atoms with E-state index in [2.05, 4.69) is 16.7 Å². The van der Waals surface area contributed by atoms with Crippen molar-refractivity contribution in [3.8, 4) is 0 Å².